The van der Waals surface area contributed by atoms with Crippen LogP contribution in [0.3, 0.4) is 0 Å². The summed E-state index contributed by atoms with van der Waals surface area (Å²) in [5.74, 6) is 0.894. The van der Waals surface area contributed by atoms with Crippen molar-refractivity contribution >= 4 is 6.08 Å². The van der Waals surface area contributed by atoms with Crippen LogP contribution in [0.2, 0.25) is 0 Å². The van der Waals surface area contributed by atoms with Crippen LogP contribution < -0.4 is 0 Å². The Morgan fingerprint density at radius 3 is 2.61 bits per heavy atom. The van der Waals surface area contributed by atoms with E-state index in [0.717, 1.165) is 31.6 Å². The van der Waals surface area contributed by atoms with E-state index in [1.54, 1.807) is 0 Å². The van der Waals surface area contributed by atoms with Gasteiger partial charge in [-0.05, 0) is 108 Å². The Bertz CT molecular complexity index is 1150. The van der Waals surface area contributed by atoms with Gasteiger partial charge in [0.1, 0.15) is 0 Å². The van der Waals surface area contributed by atoms with E-state index >= 15 is 0 Å². The second kappa shape index (κ2) is 9.34. The van der Waals surface area contributed by atoms with Crippen LogP contribution in [0.5, 0.6) is 0 Å². The molecule has 33 heavy (non-hydrogen) atoms. The number of allylic oxidation sites excluding steroid dienone is 11. The van der Waals surface area contributed by atoms with E-state index in [0.29, 0.717) is 0 Å². The summed E-state index contributed by atoms with van der Waals surface area (Å²) >= 11 is 0. The molecule has 0 heteroatoms. The third kappa shape index (κ3) is 4.72. The summed E-state index contributed by atoms with van der Waals surface area (Å²) in [5, 5.41) is 0. The maximum Gasteiger partial charge on any atom is -0.00137 e. The van der Waals surface area contributed by atoms with E-state index in [-0.39, 0.29) is 0 Å². The van der Waals surface area contributed by atoms with Crippen LogP contribution >= 0.6 is 0 Å². The van der Waals surface area contributed by atoms with Gasteiger partial charge in [-0.3, -0.25) is 0 Å². The third-order valence-corrected chi connectivity index (χ3v) is 8.01. The molecule has 0 nitrogen and oxygen atoms in total. The Morgan fingerprint density at radius 1 is 1.00 bits per heavy atom. The molecule has 0 N–H and O–H groups in total. The largest absolute Gasteiger partial charge is 0.0949 e. The highest BCUT2D eigenvalue weighted by Crippen LogP contribution is 2.41. The van der Waals surface area contributed by atoms with Crippen molar-refractivity contribution in [2.45, 2.75) is 78.1 Å². The van der Waals surface area contributed by atoms with Crippen molar-refractivity contribution in [2.75, 3.05) is 0 Å². The van der Waals surface area contributed by atoms with Gasteiger partial charge in [0, 0.05) is 0 Å². The quantitative estimate of drug-likeness (QED) is 0.418. The van der Waals surface area contributed by atoms with Crippen molar-refractivity contribution in [3.63, 3.8) is 0 Å². The smallest absolute Gasteiger partial charge is 0.00137 e. The maximum atomic E-state index is 4.50. The molecule has 0 aliphatic heterocycles. The second-order valence-corrected chi connectivity index (χ2v) is 10.8. The molecule has 0 aromatic heterocycles. The Balaban J connectivity index is 1.30. The highest BCUT2D eigenvalue weighted by Gasteiger charge is 2.23. The van der Waals surface area contributed by atoms with Crippen molar-refractivity contribution in [3.05, 3.63) is 111 Å². The van der Waals surface area contributed by atoms with Gasteiger partial charge in [0.2, 0.25) is 0 Å². The number of fused-ring (bicyclic) bond motifs is 1. The van der Waals surface area contributed by atoms with Gasteiger partial charge in [0.15, 0.2) is 0 Å². The molecule has 1 aromatic rings. The van der Waals surface area contributed by atoms with Gasteiger partial charge in [0.25, 0.3) is 0 Å². The maximum absolute atomic E-state index is 4.50. The molecule has 1 saturated carbocycles. The van der Waals surface area contributed by atoms with E-state index in [4.69, 9.17) is 0 Å². The molecule has 0 bridgehead atoms. The van der Waals surface area contributed by atoms with Gasteiger partial charge in [-0.25, -0.2) is 0 Å². The fourth-order valence-corrected chi connectivity index (χ4v) is 6.52. The lowest BCUT2D eigenvalue weighted by molar-refractivity contribution is 0.356. The standard InChI is InChI=1S/C33H38/c1-22-15-23(2)33(24(3)16-22)25(4)17-29-11-8-12-32(29)31-20-28-14-13-27(19-30(28)21-31)18-26-9-6-5-7-10-26/h11-14,16,19,21,26H,2,4-10,15,17-18,20H2,1,3H3. The average Bonchev–Trinajstić information content (AvgIpc) is 3.40. The van der Waals surface area contributed by atoms with Crippen molar-refractivity contribution in [3.8, 4) is 0 Å². The molecular formula is C33H38. The zero-order valence-electron chi connectivity index (χ0n) is 20.6. The minimum atomic E-state index is 0.894. The molecular weight excluding hydrogens is 396 g/mol. The van der Waals surface area contributed by atoms with E-state index in [9.17, 15) is 0 Å². The molecule has 0 heterocycles. The van der Waals surface area contributed by atoms with Gasteiger partial charge in [-0.1, -0.05) is 93.3 Å². The first-order valence-electron chi connectivity index (χ1n) is 12.9. The summed E-state index contributed by atoms with van der Waals surface area (Å²) in [4.78, 5) is 0. The first-order chi connectivity index (χ1) is 16.0. The summed E-state index contributed by atoms with van der Waals surface area (Å²) in [6, 6.07) is 7.26. The fraction of sp³-hybridized carbons (Fsp3) is 0.394. The van der Waals surface area contributed by atoms with Gasteiger partial charge in [0.05, 0.1) is 0 Å². The van der Waals surface area contributed by atoms with Crippen LogP contribution in [0, 0.1) is 5.92 Å². The van der Waals surface area contributed by atoms with Crippen molar-refractivity contribution in [2.24, 2.45) is 5.92 Å². The molecule has 170 valence electrons. The lowest BCUT2D eigenvalue weighted by Crippen LogP contribution is -2.09. The average molecular weight is 435 g/mol. The fourth-order valence-electron chi connectivity index (χ4n) is 6.52. The van der Waals surface area contributed by atoms with Crippen LogP contribution in [0.25, 0.3) is 6.08 Å². The second-order valence-electron chi connectivity index (χ2n) is 10.8. The van der Waals surface area contributed by atoms with E-state index in [2.05, 4.69) is 69.5 Å². The number of hydrogen-bond acceptors (Lipinski definition) is 0. The molecule has 4 aliphatic carbocycles. The zero-order chi connectivity index (χ0) is 22.9. The summed E-state index contributed by atoms with van der Waals surface area (Å²) < 4.78 is 0. The molecule has 1 aromatic carbocycles. The number of benzene rings is 1. The van der Waals surface area contributed by atoms with Crippen molar-refractivity contribution in [1.29, 1.82) is 0 Å². The Labute approximate surface area is 200 Å². The third-order valence-electron chi connectivity index (χ3n) is 8.01. The highest BCUT2D eigenvalue weighted by atomic mass is 14.3. The monoisotopic (exact) mass is 434 g/mol. The summed E-state index contributed by atoms with van der Waals surface area (Å²) in [7, 11) is 0. The Hall–Kier alpha value is -2.60. The SMILES string of the molecule is C=C1CC(C)=CC(C)=C1C(=C)CC1=CCC=C1C1=Cc2cc(CC3CCCCC3)ccc2C1. The summed E-state index contributed by atoms with van der Waals surface area (Å²) in [6.07, 6.45) is 22.0. The molecule has 5 rings (SSSR count). The van der Waals surface area contributed by atoms with Crippen LogP contribution in [-0.2, 0) is 12.8 Å². The minimum Gasteiger partial charge on any atom is -0.0949 e. The zero-order valence-corrected chi connectivity index (χ0v) is 20.6. The van der Waals surface area contributed by atoms with Crippen LogP contribution in [0.4, 0.5) is 0 Å². The first-order valence-corrected chi connectivity index (χ1v) is 12.9. The summed E-state index contributed by atoms with van der Waals surface area (Å²) in [5.41, 5.74) is 15.3. The van der Waals surface area contributed by atoms with Crippen molar-refractivity contribution < 1.29 is 0 Å². The van der Waals surface area contributed by atoms with E-state index < -0.39 is 0 Å². The predicted octanol–water partition coefficient (Wildman–Crippen LogP) is 9.17. The highest BCUT2D eigenvalue weighted by molar-refractivity contribution is 5.73. The molecule has 0 radical (unpaired) electrons. The normalized spacial score (nSPS) is 21.0. The summed E-state index contributed by atoms with van der Waals surface area (Å²) in [6.45, 7) is 13.3. The first kappa shape index (κ1) is 22.2. The number of hydrogen-bond donors (Lipinski definition) is 0. The molecule has 1 fully saturated rings. The topological polar surface area (TPSA) is 0 Å². The number of rotatable bonds is 6. The van der Waals surface area contributed by atoms with Gasteiger partial charge in [-0.15, -0.1) is 0 Å². The van der Waals surface area contributed by atoms with Crippen molar-refractivity contribution in [1.82, 2.24) is 0 Å². The lowest BCUT2D eigenvalue weighted by Gasteiger charge is -2.22. The minimum absolute atomic E-state index is 0.894. The molecule has 0 amide bonds. The van der Waals surface area contributed by atoms with Crippen LogP contribution in [0.1, 0.15) is 81.9 Å². The van der Waals surface area contributed by atoms with E-state index in [1.807, 2.05) is 0 Å². The van der Waals surface area contributed by atoms with Crippen LogP contribution in [-0.4, -0.2) is 0 Å². The lowest BCUT2D eigenvalue weighted by atomic mass is 9.83. The Morgan fingerprint density at radius 2 is 1.82 bits per heavy atom. The Kier molecular flexibility index (Phi) is 6.28. The molecule has 0 saturated heterocycles. The molecule has 0 unspecified atom stereocenters. The molecule has 4 aliphatic rings. The van der Waals surface area contributed by atoms with Gasteiger partial charge < -0.3 is 0 Å². The van der Waals surface area contributed by atoms with E-state index in [1.165, 1.54) is 99.8 Å². The predicted molar refractivity (Wildman–Crippen MR) is 143 cm³/mol. The van der Waals surface area contributed by atoms with Gasteiger partial charge >= 0.3 is 0 Å². The van der Waals surface area contributed by atoms with Gasteiger partial charge in [-0.2, -0.15) is 0 Å². The molecule has 0 atom stereocenters. The molecule has 0 spiro atoms. The van der Waals surface area contributed by atoms with Crippen LogP contribution in [0.15, 0.2) is 94.2 Å².